The molecule has 5 rings (SSSR count). The highest BCUT2D eigenvalue weighted by molar-refractivity contribution is 7.94. The number of thiazole rings is 1. The molecule has 2 heterocycles. The van der Waals surface area contributed by atoms with Crippen molar-refractivity contribution < 1.29 is 4.21 Å². The molecular formula is C25H23N3OS2. The first kappa shape index (κ1) is 20.1. The van der Waals surface area contributed by atoms with Crippen molar-refractivity contribution in [1.29, 1.82) is 0 Å². The quantitative estimate of drug-likeness (QED) is 0.333. The lowest BCUT2D eigenvalue weighted by Crippen LogP contribution is -2.17. The van der Waals surface area contributed by atoms with E-state index in [1.807, 2.05) is 66.2 Å². The van der Waals surface area contributed by atoms with Crippen molar-refractivity contribution in [2.75, 3.05) is 0 Å². The van der Waals surface area contributed by atoms with Crippen LogP contribution in [0.25, 0.3) is 21.7 Å². The smallest absolute Gasteiger partial charge is 0.170 e. The van der Waals surface area contributed by atoms with Crippen molar-refractivity contribution in [2.45, 2.75) is 35.8 Å². The standard InChI is InChI=1S/C25H23N3OS2/c29-31(21-14-7-8-15-21,20-12-5-2-6-13-20)28-25-22(16-9-17-26-25)24-23(27-18-30-24)19-10-3-1-4-11-19/h1-6,9-13,16-18,21H,7-8,14-15H2. The Morgan fingerprint density at radius 2 is 1.58 bits per heavy atom. The minimum absolute atomic E-state index is 0.0554. The summed E-state index contributed by atoms with van der Waals surface area (Å²) in [7, 11) is -2.64. The topological polar surface area (TPSA) is 55.2 Å². The zero-order valence-electron chi connectivity index (χ0n) is 17.1. The van der Waals surface area contributed by atoms with Gasteiger partial charge in [0, 0.05) is 27.5 Å². The highest BCUT2D eigenvalue weighted by atomic mass is 32.2. The molecule has 0 radical (unpaired) electrons. The SMILES string of the molecule is O=S(=Nc1ncccc1-c1scnc1-c1ccccc1)(c1ccccc1)C1CCCC1. The maximum atomic E-state index is 14.4. The van der Waals surface area contributed by atoms with Crippen molar-refractivity contribution in [3.05, 3.63) is 84.5 Å². The zero-order chi connectivity index (χ0) is 21.1. The van der Waals surface area contributed by atoms with E-state index in [9.17, 15) is 4.21 Å². The second-order valence-corrected chi connectivity index (χ2v) is 11.0. The third-order valence-electron chi connectivity index (χ3n) is 5.70. The van der Waals surface area contributed by atoms with Crippen LogP contribution in [-0.4, -0.2) is 19.4 Å². The Hall–Kier alpha value is -2.83. The van der Waals surface area contributed by atoms with Gasteiger partial charge in [0.1, 0.15) is 0 Å². The molecule has 4 nitrogen and oxygen atoms in total. The third-order valence-corrected chi connectivity index (χ3v) is 9.33. The van der Waals surface area contributed by atoms with Gasteiger partial charge < -0.3 is 0 Å². The summed E-state index contributed by atoms with van der Waals surface area (Å²) in [6.07, 6.45) is 5.81. The van der Waals surface area contributed by atoms with Crippen LogP contribution in [0.2, 0.25) is 0 Å². The third kappa shape index (κ3) is 3.93. The molecule has 2 aromatic heterocycles. The van der Waals surface area contributed by atoms with Gasteiger partial charge in [-0.3, -0.25) is 0 Å². The molecule has 2 aromatic carbocycles. The Morgan fingerprint density at radius 3 is 2.32 bits per heavy atom. The van der Waals surface area contributed by atoms with Gasteiger partial charge in [0.05, 0.1) is 25.8 Å². The second-order valence-electron chi connectivity index (χ2n) is 7.65. The van der Waals surface area contributed by atoms with Crippen molar-refractivity contribution in [3.63, 3.8) is 0 Å². The van der Waals surface area contributed by atoms with E-state index >= 15 is 0 Å². The Bertz CT molecular complexity index is 1290. The summed E-state index contributed by atoms with van der Waals surface area (Å²) in [4.78, 5) is 11.0. The van der Waals surface area contributed by atoms with Crippen molar-refractivity contribution in [3.8, 4) is 21.7 Å². The first-order valence-corrected chi connectivity index (χ1v) is 13.0. The molecule has 1 unspecified atom stereocenters. The fraction of sp³-hybridized carbons (Fsp3) is 0.200. The molecule has 1 aliphatic carbocycles. The molecule has 0 bridgehead atoms. The molecule has 31 heavy (non-hydrogen) atoms. The number of nitrogens with zero attached hydrogens (tertiary/aromatic N) is 3. The van der Waals surface area contributed by atoms with E-state index in [1.165, 1.54) is 0 Å². The summed E-state index contributed by atoms with van der Waals surface area (Å²) in [6.45, 7) is 0. The maximum Gasteiger partial charge on any atom is 0.170 e. The summed E-state index contributed by atoms with van der Waals surface area (Å²) in [5, 5.41) is 0.0554. The van der Waals surface area contributed by atoms with Gasteiger partial charge in [-0.2, -0.15) is 4.36 Å². The fourth-order valence-corrected chi connectivity index (χ4v) is 7.55. The van der Waals surface area contributed by atoms with Gasteiger partial charge in [0.2, 0.25) is 0 Å². The van der Waals surface area contributed by atoms with Gasteiger partial charge in [0.25, 0.3) is 0 Å². The highest BCUT2D eigenvalue weighted by Crippen LogP contribution is 2.41. The number of hydrogen-bond acceptors (Lipinski definition) is 5. The van der Waals surface area contributed by atoms with Crippen LogP contribution >= 0.6 is 11.3 Å². The number of aromatic nitrogens is 2. The van der Waals surface area contributed by atoms with Gasteiger partial charge in [-0.15, -0.1) is 11.3 Å². The summed E-state index contributed by atoms with van der Waals surface area (Å²) in [5.41, 5.74) is 4.68. The molecular weight excluding hydrogens is 422 g/mol. The molecule has 0 aliphatic heterocycles. The normalized spacial score (nSPS) is 16.1. The predicted molar refractivity (Wildman–Crippen MR) is 128 cm³/mol. The monoisotopic (exact) mass is 445 g/mol. The van der Waals surface area contributed by atoms with Crippen LogP contribution in [0.5, 0.6) is 0 Å². The molecule has 156 valence electrons. The van der Waals surface area contributed by atoms with Crippen LogP contribution in [0.15, 0.2) is 93.8 Å². The molecule has 0 N–H and O–H groups in total. The van der Waals surface area contributed by atoms with Gasteiger partial charge >= 0.3 is 0 Å². The van der Waals surface area contributed by atoms with Crippen molar-refractivity contribution >= 4 is 26.9 Å². The molecule has 0 spiro atoms. The Kier molecular flexibility index (Phi) is 5.66. The molecule has 1 fully saturated rings. The van der Waals surface area contributed by atoms with Crippen molar-refractivity contribution in [2.24, 2.45) is 4.36 Å². The average molecular weight is 446 g/mol. The zero-order valence-corrected chi connectivity index (χ0v) is 18.7. The molecule has 0 saturated heterocycles. The lowest BCUT2D eigenvalue weighted by atomic mass is 10.1. The van der Waals surface area contributed by atoms with E-state index in [2.05, 4.69) is 22.1 Å². The summed E-state index contributed by atoms with van der Waals surface area (Å²) < 4.78 is 19.3. The largest absolute Gasteiger partial charge is 0.244 e. The van der Waals surface area contributed by atoms with E-state index in [4.69, 9.17) is 4.36 Å². The minimum atomic E-state index is -2.64. The summed E-state index contributed by atoms with van der Waals surface area (Å²) in [5.74, 6) is 0.532. The minimum Gasteiger partial charge on any atom is -0.244 e. The fourth-order valence-electron chi connectivity index (χ4n) is 4.16. The Morgan fingerprint density at radius 1 is 0.871 bits per heavy atom. The first-order valence-electron chi connectivity index (χ1n) is 10.5. The lowest BCUT2D eigenvalue weighted by Gasteiger charge is -2.17. The van der Waals surface area contributed by atoms with Crippen LogP contribution in [0.4, 0.5) is 5.82 Å². The van der Waals surface area contributed by atoms with Gasteiger partial charge in [-0.05, 0) is 37.1 Å². The number of rotatable bonds is 5. The molecule has 1 atom stereocenters. The average Bonchev–Trinajstić information content (AvgIpc) is 3.53. The molecule has 4 aromatic rings. The van der Waals surface area contributed by atoms with Crippen LogP contribution < -0.4 is 0 Å². The van der Waals surface area contributed by atoms with Crippen LogP contribution in [0.1, 0.15) is 25.7 Å². The van der Waals surface area contributed by atoms with Gasteiger partial charge in [-0.1, -0.05) is 61.4 Å². The summed E-state index contributed by atoms with van der Waals surface area (Å²) in [6, 6.07) is 23.7. The predicted octanol–water partition coefficient (Wildman–Crippen LogP) is 6.97. The molecule has 1 aliphatic rings. The van der Waals surface area contributed by atoms with Gasteiger partial charge in [-0.25, -0.2) is 14.2 Å². The van der Waals surface area contributed by atoms with Gasteiger partial charge in [0.15, 0.2) is 5.82 Å². The van der Waals surface area contributed by atoms with Crippen molar-refractivity contribution in [1.82, 2.24) is 9.97 Å². The molecule has 6 heteroatoms. The van der Waals surface area contributed by atoms with Crippen LogP contribution in [0.3, 0.4) is 0 Å². The second kappa shape index (κ2) is 8.73. The molecule has 0 amide bonds. The lowest BCUT2D eigenvalue weighted by molar-refractivity contribution is 0.661. The number of pyridine rings is 1. The Balaban J connectivity index is 1.69. The number of hydrogen-bond donors (Lipinski definition) is 0. The van der Waals surface area contributed by atoms with E-state index < -0.39 is 9.73 Å². The summed E-state index contributed by atoms with van der Waals surface area (Å²) >= 11 is 1.56. The Labute approximate surface area is 187 Å². The maximum absolute atomic E-state index is 14.4. The van der Waals surface area contributed by atoms with E-state index in [-0.39, 0.29) is 5.25 Å². The number of benzene rings is 2. The van der Waals surface area contributed by atoms with Crippen LogP contribution in [-0.2, 0) is 9.73 Å². The molecule has 1 saturated carbocycles. The van der Waals surface area contributed by atoms with E-state index in [1.54, 1.807) is 17.5 Å². The van der Waals surface area contributed by atoms with Crippen LogP contribution in [0, 0.1) is 0 Å². The first-order chi connectivity index (χ1) is 15.3. The van der Waals surface area contributed by atoms with E-state index in [0.29, 0.717) is 5.82 Å². The van der Waals surface area contributed by atoms with E-state index in [0.717, 1.165) is 52.3 Å². The highest BCUT2D eigenvalue weighted by Gasteiger charge is 2.29.